The number of carbonyl (C=O) groups excluding carboxylic acids is 5. The number of hydrogen-bond acceptors (Lipinski definition) is 11. The smallest absolute Gasteiger partial charge is 0.257 e. The van der Waals surface area contributed by atoms with Gasteiger partial charge in [-0.05, 0) is 147 Å². The Kier molecular flexibility index (Phi) is 23.3. The molecule has 28 heteroatoms. The van der Waals surface area contributed by atoms with Gasteiger partial charge in [-0.2, -0.15) is 20.4 Å². The standard InChI is InChI=1S/C24H19FN2O.C20H18FN3O.C19H14F3N3O.2C18H15FN4O/c1-26-11-10-16-6-7-18(13-23(16)26)17-8-9-20(22(25)12-17)15-27-14-19-4-2-3-5-21(19)24(27)28;1-13-18(12-23(2)22-13)14-7-8-16(19(21)9-14)11-24-10-15-5-3-4-6-17(15)20(24)25;1-24-8-14(7-23-24)11-2-3-12(16(21)5-11)9-25-10-13-4-15(20)6-17(22)18(13)19(25)26;1-22-9-15(7-21-22)12-2-3-14(17(19)6-12)11-23-10-13-4-5-20-8-16(13)18(23)24;1-22-9-14(8-21-22)12-4-5-13(16(19)7-12)10-23-11-17-15(18(23)24)3-2-6-20-17/h2-13H,14-15H2,1H3;3-9,12H,10-11H2,1-2H3;2-8H,9-10H2,1H3;2*2-9H,10-11H2,1H3. The average molecular weight is 1710 g/mol. The molecular formula is C99H81F7N16O5. The van der Waals surface area contributed by atoms with Crippen LogP contribution in [0.5, 0.6) is 0 Å². The van der Waals surface area contributed by atoms with Crippen LogP contribution < -0.4 is 0 Å². The van der Waals surface area contributed by atoms with Crippen molar-refractivity contribution < 1.29 is 54.7 Å². The van der Waals surface area contributed by atoms with Crippen LogP contribution >= 0.6 is 0 Å². The maximum atomic E-state index is 14.8. The lowest BCUT2D eigenvalue weighted by Crippen LogP contribution is -2.24. The van der Waals surface area contributed by atoms with Gasteiger partial charge in [0.05, 0.1) is 53.2 Å². The minimum Gasteiger partial charge on any atom is -0.351 e. The van der Waals surface area contributed by atoms with Crippen molar-refractivity contribution in [1.29, 1.82) is 0 Å². The number of fused-ring (bicyclic) bond motifs is 6. The molecule has 0 N–H and O–H groups in total. The Balaban J connectivity index is 0.000000112. The van der Waals surface area contributed by atoms with E-state index in [0.29, 0.717) is 82.3 Å². The Labute approximate surface area is 725 Å². The molecule has 0 saturated heterocycles. The largest absolute Gasteiger partial charge is 0.351 e. The molecule has 21 rings (SSSR count). The number of halogens is 7. The number of hydrogen-bond donors (Lipinski definition) is 0. The van der Waals surface area contributed by atoms with Gasteiger partial charge in [0.1, 0.15) is 40.7 Å². The normalized spacial score (nSPS) is 13.4. The van der Waals surface area contributed by atoms with Gasteiger partial charge in [-0.3, -0.25) is 52.7 Å². The SMILES string of the molecule is Cc1nn(C)cc1-c1ccc(CN2Cc3ccccc3C2=O)c(F)c1.Cn1cc(-c2ccc(CN3Cc4cc(F)cc(F)c4C3=O)c(F)c2)cn1.Cn1cc(-c2ccc(CN3Cc4ccncc4C3=O)c(F)c2)cn1.Cn1cc(-c2ccc(CN3Cc4ncccc4C3=O)c(F)c2)cn1.Cn1ccc2ccc(-c3ccc(CN4Cc5ccccc5C4=O)c(F)c3)cc21. The van der Waals surface area contributed by atoms with Gasteiger partial charge >= 0.3 is 0 Å². The molecule has 0 radical (unpaired) electrons. The van der Waals surface area contributed by atoms with Gasteiger partial charge in [0, 0.05) is 216 Å². The number of aryl methyl sites for hydroxylation is 6. The molecule has 0 unspecified atom stereocenters. The van der Waals surface area contributed by atoms with E-state index in [-0.39, 0.29) is 97.3 Å². The molecule has 5 amide bonds. The van der Waals surface area contributed by atoms with Crippen molar-refractivity contribution in [2.45, 2.75) is 72.4 Å². The van der Waals surface area contributed by atoms with Crippen LogP contribution in [0.4, 0.5) is 30.7 Å². The van der Waals surface area contributed by atoms with Crippen molar-refractivity contribution in [3.63, 3.8) is 0 Å². The molecule has 0 saturated carbocycles. The number of carbonyl (C=O) groups is 5. The van der Waals surface area contributed by atoms with Gasteiger partial charge in [-0.1, -0.05) is 109 Å². The molecule has 127 heavy (non-hydrogen) atoms. The third-order valence-corrected chi connectivity index (χ3v) is 23.1. The number of nitrogens with zero attached hydrogens (tertiary/aromatic N) is 16. The minimum absolute atomic E-state index is 0.0201. The Morgan fingerprint density at radius 3 is 1.17 bits per heavy atom. The molecule has 0 aliphatic carbocycles. The maximum absolute atomic E-state index is 14.8. The van der Waals surface area contributed by atoms with Gasteiger partial charge in [0.2, 0.25) is 0 Å². The van der Waals surface area contributed by atoms with Crippen LogP contribution in [-0.2, 0) is 101 Å². The summed E-state index contributed by atoms with van der Waals surface area (Å²) in [7, 11) is 9.25. The van der Waals surface area contributed by atoms with Crippen LogP contribution in [0.2, 0.25) is 0 Å². The molecule has 5 aliphatic heterocycles. The number of rotatable bonds is 15. The van der Waals surface area contributed by atoms with Crippen molar-refractivity contribution in [1.82, 2.24) is 78.2 Å². The lowest BCUT2D eigenvalue weighted by molar-refractivity contribution is 0.0755. The van der Waals surface area contributed by atoms with E-state index in [0.717, 1.165) is 101 Å². The van der Waals surface area contributed by atoms with Crippen LogP contribution in [-0.4, -0.2) is 108 Å². The van der Waals surface area contributed by atoms with E-state index in [1.54, 1.807) is 143 Å². The number of benzene rings is 9. The van der Waals surface area contributed by atoms with E-state index >= 15 is 0 Å². The van der Waals surface area contributed by atoms with Crippen molar-refractivity contribution in [3.8, 4) is 55.6 Å². The Morgan fingerprint density at radius 1 is 0.323 bits per heavy atom. The average Bonchev–Trinajstić information content (AvgIpc) is 1.65. The molecule has 16 aromatic rings. The molecule has 0 fully saturated rings. The first kappa shape index (κ1) is 83.8. The number of amides is 5. The van der Waals surface area contributed by atoms with E-state index in [4.69, 9.17) is 0 Å². The highest BCUT2D eigenvalue weighted by molar-refractivity contribution is 6.01. The van der Waals surface area contributed by atoms with Gasteiger partial charge in [-0.25, -0.2) is 30.7 Å². The summed E-state index contributed by atoms with van der Waals surface area (Å²) >= 11 is 0. The molecule has 9 aromatic carbocycles. The molecule has 12 heterocycles. The van der Waals surface area contributed by atoms with Crippen LogP contribution in [0.25, 0.3) is 66.5 Å². The molecule has 5 aliphatic rings. The Morgan fingerprint density at radius 2 is 0.724 bits per heavy atom. The number of aromatic nitrogens is 11. The van der Waals surface area contributed by atoms with Crippen LogP contribution in [0.1, 0.15) is 113 Å². The lowest BCUT2D eigenvalue weighted by atomic mass is 10.0. The quantitative estimate of drug-likeness (QED) is 0.0883. The molecule has 0 spiro atoms. The number of pyridine rings is 2. The van der Waals surface area contributed by atoms with Crippen LogP contribution in [0, 0.1) is 47.6 Å². The fourth-order valence-corrected chi connectivity index (χ4v) is 16.4. The zero-order chi connectivity index (χ0) is 88.6. The van der Waals surface area contributed by atoms with E-state index in [2.05, 4.69) is 53.1 Å². The van der Waals surface area contributed by atoms with Crippen molar-refractivity contribution in [2.75, 3.05) is 0 Å². The van der Waals surface area contributed by atoms with Crippen LogP contribution in [0.3, 0.4) is 0 Å². The first-order valence-electron chi connectivity index (χ1n) is 40.7. The fourth-order valence-electron chi connectivity index (χ4n) is 16.4. The second-order valence-electron chi connectivity index (χ2n) is 31.8. The summed E-state index contributed by atoms with van der Waals surface area (Å²) < 4.78 is 109. The Bertz CT molecular complexity index is 6860. The highest BCUT2D eigenvalue weighted by Gasteiger charge is 2.35. The third-order valence-electron chi connectivity index (χ3n) is 23.1. The zero-order valence-electron chi connectivity index (χ0n) is 69.7. The molecule has 636 valence electrons. The highest BCUT2D eigenvalue weighted by atomic mass is 19.2. The lowest BCUT2D eigenvalue weighted by Gasteiger charge is -2.16. The third kappa shape index (κ3) is 17.8. The van der Waals surface area contributed by atoms with Gasteiger partial charge < -0.3 is 29.1 Å². The zero-order valence-corrected chi connectivity index (χ0v) is 69.7. The summed E-state index contributed by atoms with van der Waals surface area (Å²) in [6.45, 7) is 4.91. The van der Waals surface area contributed by atoms with E-state index in [1.807, 2.05) is 145 Å². The summed E-state index contributed by atoms with van der Waals surface area (Å²) in [5.41, 5.74) is 19.0. The fraction of sp³-hybridized carbons (Fsp3) is 0.162. The molecule has 0 atom stereocenters. The molecule has 7 aromatic heterocycles. The van der Waals surface area contributed by atoms with Gasteiger partial charge in [0.25, 0.3) is 29.5 Å². The molecule has 0 bridgehead atoms. The first-order chi connectivity index (χ1) is 61.3. The maximum Gasteiger partial charge on any atom is 0.257 e. The van der Waals surface area contributed by atoms with Gasteiger partial charge in [-0.15, -0.1) is 0 Å². The molecule has 21 nitrogen and oxygen atoms in total. The van der Waals surface area contributed by atoms with E-state index in [1.165, 1.54) is 29.2 Å². The second kappa shape index (κ2) is 35.4. The van der Waals surface area contributed by atoms with E-state index in [9.17, 15) is 54.7 Å². The van der Waals surface area contributed by atoms with Gasteiger partial charge in [0.15, 0.2) is 0 Å². The minimum atomic E-state index is -0.889. The van der Waals surface area contributed by atoms with E-state index < -0.39 is 23.4 Å². The molecular weight excluding hydrogens is 1630 g/mol. The highest BCUT2D eigenvalue weighted by Crippen LogP contribution is 2.36. The first-order valence-corrected chi connectivity index (χ1v) is 40.7. The van der Waals surface area contributed by atoms with Crippen LogP contribution in [0.15, 0.2) is 262 Å². The van der Waals surface area contributed by atoms with Crippen molar-refractivity contribution >= 4 is 40.4 Å². The summed E-state index contributed by atoms with van der Waals surface area (Å²) in [4.78, 5) is 78.2. The predicted octanol–water partition coefficient (Wildman–Crippen LogP) is 18.0. The summed E-state index contributed by atoms with van der Waals surface area (Å²) in [6.07, 6.45) is 19.3. The summed E-state index contributed by atoms with van der Waals surface area (Å²) in [5.74, 6) is -4.17. The second-order valence-corrected chi connectivity index (χ2v) is 31.8. The van der Waals surface area contributed by atoms with Crippen molar-refractivity contribution in [2.24, 2.45) is 35.2 Å². The predicted molar refractivity (Wildman–Crippen MR) is 463 cm³/mol. The summed E-state index contributed by atoms with van der Waals surface area (Å²) in [6, 6.07) is 55.7. The topological polar surface area (TPSA) is 204 Å². The van der Waals surface area contributed by atoms with Crippen molar-refractivity contribution in [3.05, 3.63) is 392 Å². The monoisotopic (exact) mass is 1710 g/mol. The summed E-state index contributed by atoms with van der Waals surface area (Å²) in [5, 5.41) is 17.7. The Hall–Kier alpha value is -15.5.